The molecule has 1 saturated heterocycles. The maximum Gasteiger partial charge on any atom is 0.105 e. The number of ether oxygens (including phenoxy) is 1. The van der Waals surface area contributed by atoms with Crippen LogP contribution >= 0.6 is 0 Å². The molecule has 17 heavy (non-hydrogen) atoms. The summed E-state index contributed by atoms with van der Waals surface area (Å²) >= 11 is 0. The largest absolute Gasteiger partial charge is 0.469 e. The van der Waals surface area contributed by atoms with Gasteiger partial charge in [-0.15, -0.1) is 0 Å². The van der Waals surface area contributed by atoms with Gasteiger partial charge in [0.1, 0.15) is 5.76 Å². The van der Waals surface area contributed by atoms with Crippen molar-refractivity contribution in [3.63, 3.8) is 0 Å². The van der Waals surface area contributed by atoms with Crippen molar-refractivity contribution in [2.75, 3.05) is 32.8 Å². The molecule has 1 aliphatic rings. The minimum Gasteiger partial charge on any atom is -0.469 e. The maximum absolute atomic E-state index is 5.34. The third-order valence-corrected chi connectivity index (χ3v) is 3.24. The minimum atomic E-state index is 0.488. The van der Waals surface area contributed by atoms with Crippen LogP contribution in [0.2, 0.25) is 0 Å². The fourth-order valence-corrected chi connectivity index (χ4v) is 2.11. The summed E-state index contributed by atoms with van der Waals surface area (Å²) < 4.78 is 10.6. The summed E-state index contributed by atoms with van der Waals surface area (Å²) in [4.78, 5) is 2.45. The van der Waals surface area contributed by atoms with Gasteiger partial charge in [-0.1, -0.05) is 0 Å². The highest BCUT2D eigenvalue weighted by Crippen LogP contribution is 2.08. The van der Waals surface area contributed by atoms with E-state index >= 15 is 0 Å². The van der Waals surface area contributed by atoms with E-state index in [4.69, 9.17) is 9.15 Å². The van der Waals surface area contributed by atoms with E-state index in [1.165, 1.54) is 5.56 Å². The molecule has 0 aliphatic carbocycles. The molecule has 2 rings (SSSR count). The molecule has 1 fully saturated rings. The Kier molecular flexibility index (Phi) is 4.59. The molecule has 1 N–H and O–H groups in total. The van der Waals surface area contributed by atoms with Gasteiger partial charge in [0, 0.05) is 37.8 Å². The fraction of sp³-hybridized carbons (Fsp3) is 0.692. The summed E-state index contributed by atoms with van der Waals surface area (Å²) in [5.41, 5.74) is 1.25. The number of morpholine rings is 1. The molecule has 96 valence electrons. The Labute approximate surface area is 103 Å². The number of hydrogen-bond acceptors (Lipinski definition) is 4. The number of nitrogens with zero attached hydrogens (tertiary/aromatic N) is 1. The monoisotopic (exact) mass is 238 g/mol. The molecule has 4 heteroatoms. The van der Waals surface area contributed by atoms with E-state index in [-0.39, 0.29) is 0 Å². The van der Waals surface area contributed by atoms with Crippen LogP contribution in [-0.4, -0.2) is 43.8 Å². The number of furan rings is 1. The van der Waals surface area contributed by atoms with E-state index in [9.17, 15) is 0 Å². The van der Waals surface area contributed by atoms with Crippen molar-refractivity contribution in [1.29, 1.82) is 0 Å². The summed E-state index contributed by atoms with van der Waals surface area (Å²) in [6.07, 6.45) is 1.75. The summed E-state index contributed by atoms with van der Waals surface area (Å²) in [5, 5.41) is 3.53. The van der Waals surface area contributed by atoms with Gasteiger partial charge >= 0.3 is 0 Å². The quantitative estimate of drug-likeness (QED) is 0.841. The van der Waals surface area contributed by atoms with Crippen LogP contribution < -0.4 is 5.32 Å². The highest BCUT2D eigenvalue weighted by molar-refractivity contribution is 5.14. The molecule has 1 aliphatic heterocycles. The van der Waals surface area contributed by atoms with Gasteiger partial charge in [-0.3, -0.25) is 4.90 Å². The van der Waals surface area contributed by atoms with Crippen molar-refractivity contribution < 1.29 is 9.15 Å². The van der Waals surface area contributed by atoms with Gasteiger partial charge in [0.25, 0.3) is 0 Å². The lowest BCUT2D eigenvalue weighted by molar-refractivity contribution is 0.0343. The van der Waals surface area contributed by atoms with Crippen LogP contribution in [0.15, 0.2) is 16.7 Å². The molecular formula is C13H22N2O2. The molecule has 0 bridgehead atoms. The topological polar surface area (TPSA) is 37.6 Å². The van der Waals surface area contributed by atoms with Gasteiger partial charge in [0.15, 0.2) is 0 Å². The fourth-order valence-electron chi connectivity index (χ4n) is 2.11. The Bertz CT molecular complexity index is 332. The van der Waals surface area contributed by atoms with E-state index in [0.717, 1.165) is 45.2 Å². The van der Waals surface area contributed by atoms with Crippen LogP contribution in [-0.2, 0) is 11.3 Å². The molecule has 4 nitrogen and oxygen atoms in total. The zero-order valence-electron chi connectivity index (χ0n) is 10.7. The van der Waals surface area contributed by atoms with Gasteiger partial charge in [-0.05, 0) is 19.9 Å². The van der Waals surface area contributed by atoms with Crippen molar-refractivity contribution in [3.05, 3.63) is 23.7 Å². The Morgan fingerprint density at radius 3 is 2.82 bits per heavy atom. The van der Waals surface area contributed by atoms with Crippen molar-refractivity contribution in [3.8, 4) is 0 Å². The van der Waals surface area contributed by atoms with Gasteiger partial charge < -0.3 is 14.5 Å². The first-order valence-electron chi connectivity index (χ1n) is 6.32. The molecular weight excluding hydrogens is 216 g/mol. The van der Waals surface area contributed by atoms with E-state index in [0.29, 0.717) is 6.04 Å². The van der Waals surface area contributed by atoms with Crippen LogP contribution in [0.1, 0.15) is 18.2 Å². The lowest BCUT2D eigenvalue weighted by Crippen LogP contribution is -2.44. The van der Waals surface area contributed by atoms with Gasteiger partial charge in [0.2, 0.25) is 0 Å². The van der Waals surface area contributed by atoms with E-state index in [1.54, 1.807) is 6.26 Å². The molecule has 1 atom stereocenters. The van der Waals surface area contributed by atoms with Crippen LogP contribution in [0.3, 0.4) is 0 Å². The average Bonchev–Trinajstić information content (AvgIpc) is 2.74. The SMILES string of the molecule is Cc1occc1CNC(C)CN1CCOCC1. The van der Waals surface area contributed by atoms with Crippen molar-refractivity contribution in [2.45, 2.75) is 26.4 Å². The molecule has 0 radical (unpaired) electrons. The first kappa shape index (κ1) is 12.6. The predicted octanol–water partition coefficient (Wildman–Crippen LogP) is 1.40. The van der Waals surface area contributed by atoms with Crippen LogP contribution in [0.4, 0.5) is 0 Å². The minimum absolute atomic E-state index is 0.488. The number of nitrogens with one attached hydrogen (secondary N) is 1. The van der Waals surface area contributed by atoms with E-state index in [1.807, 2.05) is 13.0 Å². The molecule has 0 aromatic carbocycles. The Hall–Kier alpha value is -0.840. The second kappa shape index (κ2) is 6.19. The smallest absolute Gasteiger partial charge is 0.105 e. The first-order valence-corrected chi connectivity index (χ1v) is 6.32. The van der Waals surface area contributed by atoms with Crippen LogP contribution in [0.25, 0.3) is 0 Å². The zero-order valence-corrected chi connectivity index (χ0v) is 10.7. The summed E-state index contributed by atoms with van der Waals surface area (Å²) in [6.45, 7) is 10.0. The van der Waals surface area contributed by atoms with Gasteiger partial charge in [-0.2, -0.15) is 0 Å². The Morgan fingerprint density at radius 1 is 1.41 bits per heavy atom. The Morgan fingerprint density at radius 2 is 2.18 bits per heavy atom. The first-order chi connectivity index (χ1) is 8.25. The summed E-state index contributed by atoms with van der Waals surface area (Å²) in [5.74, 6) is 1.01. The standard InChI is InChI=1S/C13H22N2O2/c1-11(10-15-4-7-16-8-5-15)14-9-13-3-6-17-12(13)2/h3,6,11,14H,4-5,7-10H2,1-2H3. The molecule has 2 heterocycles. The Balaban J connectivity index is 1.70. The molecule has 0 amide bonds. The van der Waals surface area contributed by atoms with Crippen LogP contribution in [0.5, 0.6) is 0 Å². The van der Waals surface area contributed by atoms with E-state index in [2.05, 4.69) is 17.1 Å². The molecule has 0 spiro atoms. The molecule has 1 unspecified atom stereocenters. The third-order valence-electron chi connectivity index (χ3n) is 3.24. The summed E-state index contributed by atoms with van der Waals surface area (Å²) in [6, 6.07) is 2.52. The third kappa shape index (κ3) is 3.84. The second-order valence-corrected chi connectivity index (χ2v) is 4.70. The molecule has 1 aromatic heterocycles. The highest BCUT2D eigenvalue weighted by atomic mass is 16.5. The number of hydrogen-bond donors (Lipinski definition) is 1. The molecule has 1 aromatic rings. The van der Waals surface area contributed by atoms with E-state index < -0.39 is 0 Å². The number of aryl methyl sites for hydroxylation is 1. The van der Waals surface area contributed by atoms with Gasteiger partial charge in [-0.25, -0.2) is 0 Å². The predicted molar refractivity (Wildman–Crippen MR) is 67.0 cm³/mol. The van der Waals surface area contributed by atoms with Crippen LogP contribution in [0, 0.1) is 6.92 Å². The zero-order chi connectivity index (χ0) is 12.1. The summed E-state index contributed by atoms with van der Waals surface area (Å²) in [7, 11) is 0. The lowest BCUT2D eigenvalue weighted by Gasteiger charge is -2.29. The number of rotatable bonds is 5. The second-order valence-electron chi connectivity index (χ2n) is 4.70. The van der Waals surface area contributed by atoms with Crippen molar-refractivity contribution in [2.24, 2.45) is 0 Å². The van der Waals surface area contributed by atoms with Crippen molar-refractivity contribution in [1.82, 2.24) is 10.2 Å². The van der Waals surface area contributed by atoms with Crippen molar-refractivity contribution >= 4 is 0 Å². The van der Waals surface area contributed by atoms with Gasteiger partial charge in [0.05, 0.1) is 19.5 Å². The highest BCUT2D eigenvalue weighted by Gasteiger charge is 2.13. The lowest BCUT2D eigenvalue weighted by atomic mass is 10.2. The average molecular weight is 238 g/mol. The molecule has 0 saturated carbocycles. The maximum atomic E-state index is 5.34. The normalized spacial score (nSPS) is 19.4.